The number of ether oxygens (including phenoxy) is 3. The van der Waals surface area contributed by atoms with E-state index in [0.717, 1.165) is 40.6 Å². The van der Waals surface area contributed by atoms with Gasteiger partial charge < -0.3 is 50.9 Å². The van der Waals surface area contributed by atoms with Crippen molar-refractivity contribution < 1.29 is 47.5 Å². The van der Waals surface area contributed by atoms with Gasteiger partial charge in [0.15, 0.2) is 6.29 Å². The molecule has 70 heavy (non-hydrogen) atoms. The number of nitrogens with one attached hydrogen (secondary N) is 3. The Hall–Kier alpha value is -5.53. The molecule has 4 heterocycles. The summed E-state index contributed by atoms with van der Waals surface area (Å²) >= 11 is 0. The van der Waals surface area contributed by atoms with Crippen LogP contribution in [0.25, 0.3) is 22.3 Å². The second-order valence-electron chi connectivity index (χ2n) is 17.0. The molecule has 0 spiro atoms. The van der Waals surface area contributed by atoms with Crippen molar-refractivity contribution in [2.75, 3.05) is 51.8 Å². The molecule has 2 aromatic carbocycles. The number of aldehydes is 1. The number of aryl methyl sites for hydroxylation is 1. The van der Waals surface area contributed by atoms with Crippen molar-refractivity contribution in [3.8, 4) is 11.4 Å². The van der Waals surface area contributed by atoms with Crippen LogP contribution in [-0.4, -0.2) is 96.8 Å². The highest BCUT2D eigenvalue weighted by Crippen LogP contribution is 2.45. The number of halogens is 1. The zero-order chi connectivity index (χ0) is 52.1. The van der Waals surface area contributed by atoms with Crippen molar-refractivity contribution in [3.63, 3.8) is 0 Å². The summed E-state index contributed by atoms with van der Waals surface area (Å²) in [5, 5.41) is 19.7. The van der Waals surface area contributed by atoms with Gasteiger partial charge in [0.2, 0.25) is 20.9 Å². The standard InChI is InChI=1S/C25H25FN3O5P.C15H19N3O5.C5H13N.C3H9N.C2H6/c1-4-25(32,11-30)16-7-20-23-14(9-29(20)24(31)15(16)10-34-3)22-18(28-35-33)6-5-13-12(2)17(26)8-19(27-23)21(13)22;19-11-16-9-14(20)17-13-3-1-12(2-4-13)10-23-15(21)18-5-7-22-8-6-18;1-4(2)5(3)6;1-2-3-4;1-2/h7-8,11,18,32H,4-6,9-10H2,1-3H3,(H,28,33);1-4,11H,5-10H2,(H,16,19)(H,17,20);4-5H,6H2,1-3H3;2-4H2,1H3;1-2H3. The lowest BCUT2D eigenvalue weighted by Gasteiger charge is -2.28. The van der Waals surface area contributed by atoms with Crippen LogP contribution in [0.1, 0.15) is 113 Å². The lowest BCUT2D eigenvalue weighted by atomic mass is 9.82. The van der Waals surface area contributed by atoms with Crippen molar-refractivity contribution >= 4 is 49.9 Å². The van der Waals surface area contributed by atoms with Gasteiger partial charge in [0, 0.05) is 66.1 Å². The molecule has 3 unspecified atom stereocenters. The molecule has 3 amide bonds. The van der Waals surface area contributed by atoms with Gasteiger partial charge in [-0.1, -0.05) is 53.7 Å². The predicted molar refractivity (Wildman–Crippen MR) is 269 cm³/mol. The molecule has 3 aliphatic rings. The maximum atomic E-state index is 14.8. The van der Waals surface area contributed by atoms with E-state index in [1.807, 2.05) is 20.8 Å². The van der Waals surface area contributed by atoms with Gasteiger partial charge in [0.05, 0.1) is 49.8 Å². The number of nitrogens with zero attached hydrogens (tertiary/aromatic N) is 3. The second kappa shape index (κ2) is 29.0. The summed E-state index contributed by atoms with van der Waals surface area (Å²) in [5.41, 5.74) is 14.5. The van der Waals surface area contributed by atoms with E-state index in [9.17, 15) is 38.0 Å². The summed E-state index contributed by atoms with van der Waals surface area (Å²) in [6.45, 7) is 18.9. The van der Waals surface area contributed by atoms with Crippen molar-refractivity contribution in [2.45, 2.75) is 119 Å². The fraction of sp³-hybridized carbons (Fsp3) is 0.520. The molecule has 0 bridgehead atoms. The van der Waals surface area contributed by atoms with Crippen LogP contribution in [0.5, 0.6) is 0 Å². The fourth-order valence-corrected chi connectivity index (χ4v) is 7.94. The first-order valence-corrected chi connectivity index (χ1v) is 24.5. The normalized spacial score (nSPS) is 15.4. The maximum Gasteiger partial charge on any atom is 0.410 e. The third kappa shape index (κ3) is 15.0. The molecule has 2 aliphatic heterocycles. The molecule has 0 radical (unpaired) electrons. The number of benzene rings is 2. The third-order valence-electron chi connectivity index (χ3n) is 12.0. The van der Waals surface area contributed by atoms with Gasteiger partial charge in [-0.15, -0.1) is 0 Å². The molecular weight excluding hydrogens is 923 g/mol. The van der Waals surface area contributed by atoms with Crippen LogP contribution in [-0.2, 0) is 64.9 Å². The Kier molecular flexibility index (Phi) is 24.3. The van der Waals surface area contributed by atoms with E-state index in [4.69, 9.17) is 30.7 Å². The van der Waals surface area contributed by atoms with Crippen LogP contribution in [0.4, 0.5) is 14.9 Å². The average Bonchev–Trinajstić information content (AvgIpc) is 3.75. The number of anilines is 1. The van der Waals surface area contributed by atoms with Gasteiger partial charge in [-0.05, 0) is 92.4 Å². The Labute approximate surface area is 411 Å². The van der Waals surface area contributed by atoms with Crippen LogP contribution >= 0.6 is 8.61 Å². The summed E-state index contributed by atoms with van der Waals surface area (Å²) in [4.78, 5) is 65.3. The molecular formula is C50H72FN8O10P. The highest BCUT2D eigenvalue weighted by atomic mass is 31.1. The number of morpholine rings is 1. The first kappa shape index (κ1) is 58.8. The Balaban J connectivity index is 0.000000317. The number of hydrogen-bond acceptors (Lipinski definition) is 13. The van der Waals surface area contributed by atoms with Crippen LogP contribution in [0.15, 0.2) is 41.2 Å². The van der Waals surface area contributed by atoms with Crippen LogP contribution < -0.4 is 32.7 Å². The molecule has 3 atom stereocenters. The van der Waals surface area contributed by atoms with E-state index in [0.29, 0.717) is 92.0 Å². The fourth-order valence-electron chi connectivity index (χ4n) is 7.55. The van der Waals surface area contributed by atoms with Crippen molar-refractivity contribution in [1.82, 2.24) is 24.9 Å². The topological polar surface area (TPSA) is 260 Å². The number of methoxy groups -OCH3 is 1. The van der Waals surface area contributed by atoms with Gasteiger partial charge in [-0.3, -0.25) is 23.7 Å². The van der Waals surface area contributed by atoms with Crippen LogP contribution in [0.3, 0.4) is 0 Å². The monoisotopic (exact) mass is 995 g/mol. The highest BCUT2D eigenvalue weighted by Gasteiger charge is 2.37. The van der Waals surface area contributed by atoms with Gasteiger partial charge in [-0.25, -0.2) is 19.3 Å². The van der Waals surface area contributed by atoms with E-state index >= 15 is 0 Å². The SMILES string of the molecule is CC.CC(C)C(C)N.CCC(O)(C=O)c1cc2n(c(=O)c1COC)Cc1c-2nc2cc(F)c(C)c3c2c1C(NP=O)CC3.CCCN.O=CNCC(=O)Nc1ccc(COC(=O)N2CCOCC2)cc1. The molecule has 20 heteroatoms. The predicted octanol–water partition coefficient (Wildman–Crippen LogP) is 6.31. The number of hydrogen-bond donors (Lipinski definition) is 6. The number of nitrogens with two attached hydrogens (primary N) is 2. The van der Waals surface area contributed by atoms with Crippen LogP contribution in [0.2, 0.25) is 0 Å². The van der Waals surface area contributed by atoms with Gasteiger partial charge in [0.1, 0.15) is 18.0 Å². The minimum absolute atomic E-state index is 0.0712. The van der Waals surface area contributed by atoms with E-state index in [2.05, 4.69) is 36.5 Å². The molecule has 1 fully saturated rings. The highest BCUT2D eigenvalue weighted by molar-refractivity contribution is 7.21. The van der Waals surface area contributed by atoms with E-state index in [1.165, 1.54) is 13.2 Å². The molecule has 2 aromatic heterocycles. The Morgan fingerprint density at radius 1 is 1.09 bits per heavy atom. The average molecular weight is 995 g/mol. The van der Waals surface area contributed by atoms with Crippen molar-refractivity contribution in [2.24, 2.45) is 17.4 Å². The maximum absolute atomic E-state index is 14.8. The molecule has 1 saturated heterocycles. The lowest BCUT2D eigenvalue weighted by Crippen LogP contribution is -2.40. The van der Waals surface area contributed by atoms with Gasteiger partial charge >= 0.3 is 6.09 Å². The van der Waals surface area contributed by atoms with E-state index in [1.54, 1.807) is 53.6 Å². The zero-order valence-electron chi connectivity index (χ0n) is 42.0. The number of rotatable bonds is 15. The number of carbonyl (C=O) groups is 4. The Morgan fingerprint density at radius 2 is 1.73 bits per heavy atom. The number of amides is 3. The quantitative estimate of drug-likeness (QED) is 0.0497. The largest absolute Gasteiger partial charge is 0.445 e. The second-order valence-corrected chi connectivity index (χ2v) is 17.4. The molecule has 4 aromatic rings. The number of aliphatic hydroxyl groups is 1. The number of aromatic nitrogens is 2. The minimum atomic E-state index is -1.86. The lowest BCUT2D eigenvalue weighted by molar-refractivity contribution is -0.125. The van der Waals surface area contributed by atoms with E-state index < -0.39 is 5.60 Å². The first-order chi connectivity index (χ1) is 33.5. The van der Waals surface area contributed by atoms with Gasteiger partial charge in [-0.2, -0.15) is 0 Å². The van der Waals surface area contributed by atoms with Crippen molar-refractivity contribution in [1.29, 1.82) is 0 Å². The molecule has 384 valence electrons. The molecule has 18 nitrogen and oxygen atoms in total. The first-order valence-electron chi connectivity index (χ1n) is 23.7. The van der Waals surface area contributed by atoms with Gasteiger partial charge in [0.25, 0.3) is 5.56 Å². The molecule has 0 saturated carbocycles. The number of fused-ring (bicyclic) bond motifs is 4. The summed E-state index contributed by atoms with van der Waals surface area (Å²) in [6.07, 6.45) is 2.94. The smallest absolute Gasteiger partial charge is 0.410 e. The summed E-state index contributed by atoms with van der Waals surface area (Å²) in [7, 11) is 1.22. The minimum Gasteiger partial charge on any atom is -0.445 e. The van der Waals surface area contributed by atoms with E-state index in [-0.39, 0.29) is 81.9 Å². The third-order valence-corrected chi connectivity index (χ3v) is 12.4. The number of pyridine rings is 2. The Bertz CT molecular complexity index is 2440. The summed E-state index contributed by atoms with van der Waals surface area (Å²) in [6, 6.07) is 10.0. The molecule has 8 N–H and O–H groups in total. The Morgan fingerprint density at radius 3 is 2.27 bits per heavy atom. The number of carbonyl (C=O) groups excluding carboxylic acids is 4. The molecule has 1 aliphatic carbocycles. The van der Waals surface area contributed by atoms with Crippen LogP contribution in [0, 0.1) is 18.7 Å². The summed E-state index contributed by atoms with van der Waals surface area (Å²) < 4.78 is 43.5. The van der Waals surface area contributed by atoms with Crippen molar-refractivity contribution in [3.05, 3.63) is 91.5 Å². The molecule has 7 rings (SSSR count). The summed E-state index contributed by atoms with van der Waals surface area (Å²) in [5.74, 6) is -0.0410. The zero-order valence-corrected chi connectivity index (χ0v) is 42.9.